The molecule has 2 atom stereocenters. The van der Waals surface area contributed by atoms with Crippen LogP contribution in [0.4, 0.5) is 0 Å². The molecule has 112 valence electrons. The number of carboxylic acids is 1. The van der Waals surface area contributed by atoms with Gasteiger partial charge < -0.3 is 10.4 Å². The minimum atomic E-state index is -0.941. The quantitative estimate of drug-likeness (QED) is 0.864. The molecule has 1 amide bonds. The van der Waals surface area contributed by atoms with Gasteiger partial charge in [0, 0.05) is 18.2 Å². The second-order valence-corrected chi connectivity index (χ2v) is 5.00. The Morgan fingerprint density at radius 3 is 2.71 bits per heavy atom. The zero-order valence-electron chi connectivity index (χ0n) is 12.2. The molecule has 0 saturated heterocycles. The van der Waals surface area contributed by atoms with Gasteiger partial charge in [-0.05, 0) is 39.0 Å². The van der Waals surface area contributed by atoms with Crippen molar-refractivity contribution in [1.82, 2.24) is 20.3 Å². The summed E-state index contributed by atoms with van der Waals surface area (Å²) >= 11 is 0. The molecule has 7 heteroatoms. The standard InChI is InChI=1S/C14H18N4O3/c1-4-18-12-6-5-10(7-11(12)16-17-18)13(19)15-9(3)8(2)14(20)21/h5-9H,4H2,1-3H3,(H,15,19)(H,20,21). The minimum absolute atomic E-state index is 0.316. The molecule has 2 N–H and O–H groups in total. The van der Waals surface area contributed by atoms with Crippen LogP contribution in [-0.4, -0.2) is 38.0 Å². The van der Waals surface area contributed by atoms with E-state index in [-0.39, 0.29) is 5.91 Å². The molecule has 0 aliphatic heterocycles. The fourth-order valence-electron chi connectivity index (χ4n) is 1.98. The summed E-state index contributed by atoms with van der Waals surface area (Å²) in [6, 6.07) is 4.67. The first-order valence-electron chi connectivity index (χ1n) is 6.81. The van der Waals surface area contributed by atoms with Crippen molar-refractivity contribution in [2.45, 2.75) is 33.4 Å². The van der Waals surface area contributed by atoms with Gasteiger partial charge in [0.2, 0.25) is 0 Å². The number of hydrogen-bond donors (Lipinski definition) is 2. The Balaban J connectivity index is 2.18. The molecule has 1 aromatic heterocycles. The van der Waals surface area contributed by atoms with Crippen LogP contribution in [0.3, 0.4) is 0 Å². The maximum Gasteiger partial charge on any atom is 0.308 e. The lowest BCUT2D eigenvalue weighted by molar-refractivity contribution is -0.141. The third kappa shape index (κ3) is 3.01. The van der Waals surface area contributed by atoms with Crippen molar-refractivity contribution in [3.8, 4) is 0 Å². The van der Waals surface area contributed by atoms with E-state index in [0.29, 0.717) is 17.6 Å². The smallest absolute Gasteiger partial charge is 0.308 e. The summed E-state index contributed by atoms with van der Waals surface area (Å²) in [5, 5.41) is 19.6. The predicted molar refractivity (Wildman–Crippen MR) is 76.9 cm³/mol. The highest BCUT2D eigenvalue weighted by molar-refractivity contribution is 5.97. The van der Waals surface area contributed by atoms with Gasteiger partial charge in [0.1, 0.15) is 5.52 Å². The largest absolute Gasteiger partial charge is 0.481 e. The molecule has 0 bridgehead atoms. The number of aryl methyl sites for hydroxylation is 1. The summed E-state index contributed by atoms with van der Waals surface area (Å²) in [5.41, 5.74) is 1.94. The second-order valence-electron chi connectivity index (χ2n) is 5.00. The minimum Gasteiger partial charge on any atom is -0.481 e. The monoisotopic (exact) mass is 290 g/mol. The van der Waals surface area contributed by atoms with Gasteiger partial charge in [-0.15, -0.1) is 5.10 Å². The van der Waals surface area contributed by atoms with Crippen LogP contribution < -0.4 is 5.32 Å². The van der Waals surface area contributed by atoms with Crippen LogP contribution in [-0.2, 0) is 11.3 Å². The van der Waals surface area contributed by atoms with Gasteiger partial charge in [0.05, 0.1) is 11.4 Å². The van der Waals surface area contributed by atoms with Gasteiger partial charge in [-0.3, -0.25) is 9.59 Å². The molecular weight excluding hydrogens is 272 g/mol. The van der Waals surface area contributed by atoms with E-state index >= 15 is 0 Å². The molecule has 2 aromatic rings. The molecule has 0 spiro atoms. The number of nitrogens with zero attached hydrogens (tertiary/aromatic N) is 3. The van der Waals surface area contributed by atoms with E-state index in [1.807, 2.05) is 6.92 Å². The number of fused-ring (bicyclic) bond motifs is 1. The van der Waals surface area contributed by atoms with Gasteiger partial charge in [-0.25, -0.2) is 4.68 Å². The van der Waals surface area contributed by atoms with Crippen molar-refractivity contribution >= 4 is 22.9 Å². The Kier molecular flexibility index (Phi) is 4.21. The number of amides is 1. The van der Waals surface area contributed by atoms with Crippen molar-refractivity contribution in [3.63, 3.8) is 0 Å². The van der Waals surface area contributed by atoms with Crippen LogP contribution in [0.5, 0.6) is 0 Å². The number of aliphatic carboxylic acids is 1. The number of carbonyl (C=O) groups is 2. The van der Waals surface area contributed by atoms with E-state index in [1.165, 1.54) is 0 Å². The van der Waals surface area contributed by atoms with Crippen LogP contribution in [0.25, 0.3) is 11.0 Å². The van der Waals surface area contributed by atoms with Crippen molar-refractivity contribution in [2.24, 2.45) is 5.92 Å². The topological polar surface area (TPSA) is 97.1 Å². The molecule has 2 unspecified atom stereocenters. The fourth-order valence-corrected chi connectivity index (χ4v) is 1.98. The number of benzene rings is 1. The van der Waals surface area contributed by atoms with E-state index in [4.69, 9.17) is 5.11 Å². The average Bonchev–Trinajstić information content (AvgIpc) is 2.88. The van der Waals surface area contributed by atoms with Crippen LogP contribution >= 0.6 is 0 Å². The van der Waals surface area contributed by atoms with Crippen LogP contribution in [0, 0.1) is 5.92 Å². The molecular formula is C14H18N4O3. The lowest BCUT2D eigenvalue weighted by Crippen LogP contribution is -2.40. The predicted octanol–water partition coefficient (Wildman–Crippen LogP) is 1.29. The normalized spacial score (nSPS) is 13.9. The summed E-state index contributed by atoms with van der Waals surface area (Å²) in [6.45, 7) is 5.89. The molecule has 2 rings (SSSR count). The fraction of sp³-hybridized carbons (Fsp3) is 0.429. The van der Waals surface area contributed by atoms with E-state index in [1.54, 1.807) is 36.7 Å². The second kappa shape index (κ2) is 5.90. The highest BCUT2D eigenvalue weighted by Gasteiger charge is 2.21. The molecule has 7 nitrogen and oxygen atoms in total. The molecule has 1 aromatic carbocycles. The third-order valence-electron chi connectivity index (χ3n) is 3.57. The van der Waals surface area contributed by atoms with Crippen LogP contribution in [0.1, 0.15) is 31.1 Å². The van der Waals surface area contributed by atoms with Crippen molar-refractivity contribution in [3.05, 3.63) is 23.8 Å². The number of hydrogen-bond acceptors (Lipinski definition) is 4. The zero-order valence-corrected chi connectivity index (χ0v) is 12.2. The molecule has 0 fully saturated rings. The van der Waals surface area contributed by atoms with Crippen LogP contribution in [0.2, 0.25) is 0 Å². The Bertz CT molecular complexity index is 680. The van der Waals surface area contributed by atoms with E-state index in [0.717, 1.165) is 5.52 Å². The number of rotatable bonds is 5. The average molecular weight is 290 g/mol. The maximum absolute atomic E-state index is 12.1. The van der Waals surface area contributed by atoms with Crippen molar-refractivity contribution in [2.75, 3.05) is 0 Å². The van der Waals surface area contributed by atoms with Gasteiger partial charge in [0.15, 0.2) is 0 Å². The zero-order chi connectivity index (χ0) is 15.6. The molecule has 0 aliphatic carbocycles. The van der Waals surface area contributed by atoms with E-state index in [2.05, 4.69) is 15.6 Å². The van der Waals surface area contributed by atoms with Crippen molar-refractivity contribution < 1.29 is 14.7 Å². The first kappa shape index (κ1) is 15.0. The Morgan fingerprint density at radius 1 is 1.38 bits per heavy atom. The first-order chi connectivity index (χ1) is 9.93. The Morgan fingerprint density at radius 2 is 2.10 bits per heavy atom. The van der Waals surface area contributed by atoms with E-state index < -0.39 is 17.9 Å². The number of carboxylic acid groups (broad SMARTS) is 1. The summed E-state index contributed by atoms with van der Waals surface area (Å²) < 4.78 is 1.74. The number of aromatic nitrogens is 3. The summed E-state index contributed by atoms with van der Waals surface area (Å²) in [6.07, 6.45) is 0. The summed E-state index contributed by atoms with van der Waals surface area (Å²) in [4.78, 5) is 23.0. The van der Waals surface area contributed by atoms with Gasteiger partial charge in [-0.2, -0.15) is 0 Å². The first-order valence-corrected chi connectivity index (χ1v) is 6.81. The Labute approximate surface area is 121 Å². The maximum atomic E-state index is 12.1. The number of carbonyl (C=O) groups excluding carboxylic acids is 1. The van der Waals surface area contributed by atoms with Crippen molar-refractivity contribution in [1.29, 1.82) is 0 Å². The Hall–Kier alpha value is -2.44. The number of nitrogens with one attached hydrogen (secondary N) is 1. The lowest BCUT2D eigenvalue weighted by atomic mass is 10.0. The molecule has 0 aliphatic rings. The summed E-state index contributed by atoms with van der Waals surface area (Å²) in [7, 11) is 0. The molecule has 1 heterocycles. The molecule has 0 saturated carbocycles. The highest BCUT2D eigenvalue weighted by atomic mass is 16.4. The van der Waals surface area contributed by atoms with Gasteiger partial charge in [0.25, 0.3) is 5.91 Å². The van der Waals surface area contributed by atoms with Crippen LogP contribution in [0.15, 0.2) is 18.2 Å². The summed E-state index contributed by atoms with van der Waals surface area (Å²) in [5.74, 6) is -1.91. The van der Waals surface area contributed by atoms with Gasteiger partial charge in [-0.1, -0.05) is 5.21 Å². The van der Waals surface area contributed by atoms with E-state index in [9.17, 15) is 9.59 Å². The molecule has 0 radical (unpaired) electrons. The lowest BCUT2D eigenvalue weighted by Gasteiger charge is -2.17. The third-order valence-corrected chi connectivity index (χ3v) is 3.57. The SMILES string of the molecule is CCn1nnc2cc(C(=O)NC(C)C(C)C(=O)O)ccc21. The van der Waals surface area contributed by atoms with Gasteiger partial charge >= 0.3 is 5.97 Å². The molecule has 21 heavy (non-hydrogen) atoms. The highest BCUT2D eigenvalue weighted by Crippen LogP contribution is 2.14.